The molecule has 2 aliphatic rings. The Bertz CT molecular complexity index is 781. The van der Waals surface area contributed by atoms with Gasteiger partial charge in [0.15, 0.2) is 0 Å². The molecule has 1 aromatic rings. The third-order valence-electron chi connectivity index (χ3n) is 5.30. The number of hydrogen-bond donors (Lipinski definition) is 0. The SMILES string of the molecule is CN1C(=O)N(C)C2(CCN(C(=O)C=Cc3cnc(N(C)C)nc3)CC2)C1=O. The number of carbonyl (C=O) groups is 3. The molecule has 3 heterocycles. The molecule has 0 saturated carbocycles. The van der Waals surface area contributed by atoms with Crippen molar-refractivity contribution >= 4 is 29.9 Å². The summed E-state index contributed by atoms with van der Waals surface area (Å²) in [6.07, 6.45) is 7.37. The minimum atomic E-state index is -0.817. The Morgan fingerprint density at radius 2 is 1.74 bits per heavy atom. The van der Waals surface area contributed by atoms with Gasteiger partial charge in [-0.25, -0.2) is 14.8 Å². The number of rotatable bonds is 3. The van der Waals surface area contributed by atoms with E-state index in [1.807, 2.05) is 14.1 Å². The Labute approximate surface area is 158 Å². The molecule has 0 N–H and O–H groups in total. The maximum absolute atomic E-state index is 12.5. The van der Waals surface area contributed by atoms with E-state index in [9.17, 15) is 14.4 Å². The summed E-state index contributed by atoms with van der Waals surface area (Å²) >= 11 is 0. The Hall–Kier alpha value is -2.97. The first-order chi connectivity index (χ1) is 12.8. The second kappa shape index (κ2) is 6.98. The van der Waals surface area contributed by atoms with Crippen molar-refractivity contribution in [1.82, 2.24) is 24.7 Å². The predicted molar refractivity (Wildman–Crippen MR) is 99.9 cm³/mol. The number of hydrogen-bond acceptors (Lipinski definition) is 6. The van der Waals surface area contributed by atoms with Gasteiger partial charge in [0.2, 0.25) is 11.9 Å². The van der Waals surface area contributed by atoms with Crippen molar-refractivity contribution in [1.29, 1.82) is 0 Å². The maximum Gasteiger partial charge on any atom is 0.327 e. The zero-order valence-electron chi connectivity index (χ0n) is 16.0. The van der Waals surface area contributed by atoms with Crippen molar-refractivity contribution in [3.63, 3.8) is 0 Å². The highest BCUT2D eigenvalue weighted by Crippen LogP contribution is 2.35. The number of nitrogens with zero attached hydrogens (tertiary/aromatic N) is 6. The van der Waals surface area contributed by atoms with Gasteiger partial charge >= 0.3 is 6.03 Å². The van der Waals surface area contributed by atoms with Gasteiger partial charge in [0, 0.05) is 65.3 Å². The minimum absolute atomic E-state index is 0.130. The van der Waals surface area contributed by atoms with Gasteiger partial charge in [0.25, 0.3) is 5.91 Å². The van der Waals surface area contributed by atoms with E-state index in [-0.39, 0.29) is 17.8 Å². The Balaban J connectivity index is 1.62. The molecule has 2 saturated heterocycles. The van der Waals surface area contributed by atoms with Crippen LogP contribution in [0.2, 0.25) is 0 Å². The van der Waals surface area contributed by atoms with Crippen LogP contribution in [-0.4, -0.2) is 89.3 Å². The number of carbonyl (C=O) groups excluding carboxylic acids is 3. The largest absolute Gasteiger partial charge is 0.347 e. The summed E-state index contributed by atoms with van der Waals surface area (Å²) < 4.78 is 0. The van der Waals surface area contributed by atoms with Crippen molar-refractivity contribution < 1.29 is 14.4 Å². The molecule has 27 heavy (non-hydrogen) atoms. The summed E-state index contributed by atoms with van der Waals surface area (Å²) in [4.78, 5) is 51.6. The van der Waals surface area contributed by atoms with E-state index in [4.69, 9.17) is 0 Å². The maximum atomic E-state index is 12.5. The number of likely N-dealkylation sites (tertiary alicyclic amines) is 1. The fourth-order valence-electron chi connectivity index (χ4n) is 3.52. The van der Waals surface area contributed by atoms with E-state index in [1.165, 1.54) is 18.0 Å². The molecule has 3 rings (SSSR count). The summed E-state index contributed by atoms with van der Waals surface area (Å²) in [5.74, 6) is 0.287. The molecule has 9 nitrogen and oxygen atoms in total. The van der Waals surface area contributed by atoms with Crippen molar-refractivity contribution in [2.45, 2.75) is 18.4 Å². The molecule has 4 amide bonds. The molecule has 0 atom stereocenters. The zero-order chi connectivity index (χ0) is 19.8. The van der Waals surface area contributed by atoms with Gasteiger partial charge in [-0.3, -0.25) is 14.5 Å². The second-order valence-corrected chi connectivity index (χ2v) is 7.11. The first kappa shape index (κ1) is 18.8. The van der Waals surface area contributed by atoms with Crippen LogP contribution in [0.5, 0.6) is 0 Å². The van der Waals surface area contributed by atoms with E-state index >= 15 is 0 Å². The van der Waals surface area contributed by atoms with Crippen LogP contribution in [0.3, 0.4) is 0 Å². The fourth-order valence-corrected chi connectivity index (χ4v) is 3.52. The predicted octanol–water partition coefficient (Wildman–Crippen LogP) is 0.441. The molecule has 1 spiro atoms. The monoisotopic (exact) mass is 372 g/mol. The normalized spacial score (nSPS) is 19.5. The molecule has 144 valence electrons. The van der Waals surface area contributed by atoms with Crippen LogP contribution in [0.15, 0.2) is 18.5 Å². The number of amides is 4. The van der Waals surface area contributed by atoms with Crippen molar-refractivity contribution in [3.8, 4) is 0 Å². The van der Waals surface area contributed by atoms with Crippen LogP contribution < -0.4 is 4.90 Å². The molecule has 1 aromatic heterocycles. The first-order valence-electron chi connectivity index (χ1n) is 8.78. The Morgan fingerprint density at radius 3 is 2.22 bits per heavy atom. The van der Waals surface area contributed by atoms with E-state index in [0.29, 0.717) is 31.9 Å². The first-order valence-corrected chi connectivity index (χ1v) is 8.78. The Morgan fingerprint density at radius 1 is 1.15 bits per heavy atom. The molecule has 0 aliphatic carbocycles. The summed E-state index contributed by atoms with van der Waals surface area (Å²) in [7, 11) is 6.86. The van der Waals surface area contributed by atoms with Gasteiger partial charge in [-0.05, 0) is 18.9 Å². The fraction of sp³-hybridized carbons (Fsp3) is 0.500. The molecule has 2 aliphatic heterocycles. The van der Waals surface area contributed by atoms with Crippen LogP contribution in [0, 0.1) is 0 Å². The third kappa shape index (κ3) is 3.24. The van der Waals surface area contributed by atoms with Crippen molar-refractivity contribution in [3.05, 3.63) is 24.0 Å². The molecular formula is C18H24N6O3. The van der Waals surface area contributed by atoms with Gasteiger partial charge in [0.1, 0.15) is 5.54 Å². The number of aromatic nitrogens is 2. The lowest BCUT2D eigenvalue weighted by molar-refractivity contribution is -0.138. The highest BCUT2D eigenvalue weighted by Gasteiger charge is 2.55. The molecule has 0 bridgehead atoms. The van der Waals surface area contributed by atoms with Crippen molar-refractivity contribution in [2.24, 2.45) is 0 Å². The van der Waals surface area contributed by atoms with Gasteiger partial charge < -0.3 is 14.7 Å². The lowest BCUT2D eigenvalue weighted by atomic mass is 9.86. The van der Waals surface area contributed by atoms with E-state index in [1.54, 1.807) is 35.3 Å². The topological polar surface area (TPSA) is 90.0 Å². The van der Waals surface area contributed by atoms with Crippen LogP contribution in [-0.2, 0) is 9.59 Å². The van der Waals surface area contributed by atoms with Crippen molar-refractivity contribution in [2.75, 3.05) is 46.2 Å². The van der Waals surface area contributed by atoms with Gasteiger partial charge in [0.05, 0.1) is 0 Å². The average Bonchev–Trinajstić information content (AvgIpc) is 2.83. The van der Waals surface area contributed by atoms with Gasteiger partial charge in [-0.15, -0.1) is 0 Å². The highest BCUT2D eigenvalue weighted by molar-refractivity contribution is 6.06. The summed E-state index contributed by atoms with van der Waals surface area (Å²) in [5.41, 5.74) is -0.0808. The van der Waals surface area contributed by atoms with E-state index in [2.05, 4.69) is 9.97 Å². The molecular weight excluding hydrogens is 348 g/mol. The number of likely N-dealkylation sites (N-methyl/N-ethyl adjacent to an activating group) is 2. The molecule has 0 aromatic carbocycles. The lowest BCUT2D eigenvalue weighted by Crippen LogP contribution is -2.56. The standard InChI is InChI=1S/C18H24N6O3/c1-21(2)16-19-11-13(12-20-16)5-6-14(25)24-9-7-18(8-10-24)15(26)22(3)17(27)23(18)4/h5-6,11-12H,7-10H2,1-4H3. The second-order valence-electron chi connectivity index (χ2n) is 7.11. The van der Waals surface area contributed by atoms with Gasteiger partial charge in [-0.2, -0.15) is 0 Å². The molecule has 0 radical (unpaired) electrons. The lowest BCUT2D eigenvalue weighted by Gasteiger charge is -2.40. The number of piperidine rings is 1. The molecule has 2 fully saturated rings. The van der Waals surface area contributed by atoms with Crippen LogP contribution in [0.1, 0.15) is 18.4 Å². The summed E-state index contributed by atoms with van der Waals surface area (Å²) in [6.45, 7) is 0.854. The third-order valence-corrected chi connectivity index (χ3v) is 5.30. The quantitative estimate of drug-likeness (QED) is 0.565. The summed E-state index contributed by atoms with van der Waals surface area (Å²) in [6, 6.07) is -0.291. The van der Waals surface area contributed by atoms with Gasteiger partial charge in [-0.1, -0.05) is 0 Å². The van der Waals surface area contributed by atoms with Crippen LogP contribution in [0.4, 0.5) is 10.7 Å². The van der Waals surface area contributed by atoms with Crippen LogP contribution in [0.25, 0.3) is 6.08 Å². The highest BCUT2D eigenvalue weighted by atomic mass is 16.2. The summed E-state index contributed by atoms with van der Waals surface area (Å²) in [5, 5.41) is 0. The number of imide groups is 1. The average molecular weight is 372 g/mol. The number of urea groups is 1. The minimum Gasteiger partial charge on any atom is -0.347 e. The smallest absolute Gasteiger partial charge is 0.327 e. The Kier molecular flexibility index (Phi) is 4.86. The van der Waals surface area contributed by atoms with Crippen LogP contribution >= 0.6 is 0 Å². The molecule has 9 heteroatoms. The zero-order valence-corrected chi connectivity index (χ0v) is 16.0. The molecule has 0 unspecified atom stereocenters. The van der Waals surface area contributed by atoms with E-state index in [0.717, 1.165) is 10.5 Å². The van der Waals surface area contributed by atoms with E-state index < -0.39 is 5.54 Å². The number of anilines is 1.